The first kappa shape index (κ1) is 21.5. The third-order valence-electron chi connectivity index (χ3n) is 13.4. The van der Waals surface area contributed by atoms with Gasteiger partial charge in [0, 0.05) is 43.9 Å². The van der Waals surface area contributed by atoms with E-state index in [0.29, 0.717) is 10.8 Å². The molecule has 0 aromatic carbocycles. The Balaban J connectivity index is 1.21. The molecule has 2 aliphatic heterocycles. The molecule has 0 bridgehead atoms. The molecule has 0 aromatic heterocycles. The third-order valence-corrected chi connectivity index (χ3v) is 13.4. The Morgan fingerprint density at radius 1 is 0.613 bits per heavy atom. The minimum atomic E-state index is 0.648. The van der Waals surface area contributed by atoms with E-state index in [1.807, 2.05) is 0 Å². The van der Waals surface area contributed by atoms with Crippen molar-refractivity contribution < 1.29 is 8.97 Å². The Hall–Kier alpha value is -0.0800. The van der Waals surface area contributed by atoms with E-state index in [2.05, 4.69) is 27.9 Å². The first-order chi connectivity index (χ1) is 14.8. The van der Waals surface area contributed by atoms with Crippen LogP contribution in [-0.2, 0) is 0 Å². The van der Waals surface area contributed by atoms with Crippen molar-refractivity contribution in [2.45, 2.75) is 109 Å². The molecule has 6 aliphatic rings. The predicted molar refractivity (Wildman–Crippen MR) is 130 cm³/mol. The summed E-state index contributed by atoms with van der Waals surface area (Å²) >= 11 is 0. The molecule has 2 nitrogen and oxygen atoms in total. The van der Waals surface area contributed by atoms with Gasteiger partial charge in [0.25, 0.3) is 0 Å². The monoisotopic (exact) mass is 428 g/mol. The van der Waals surface area contributed by atoms with E-state index in [1.165, 1.54) is 67.2 Å². The Morgan fingerprint density at radius 3 is 1.94 bits per heavy atom. The van der Waals surface area contributed by atoms with Crippen LogP contribution in [0.2, 0.25) is 0 Å². The van der Waals surface area contributed by atoms with Crippen LogP contribution in [0.4, 0.5) is 0 Å². The van der Waals surface area contributed by atoms with Crippen molar-refractivity contribution >= 4 is 0 Å². The van der Waals surface area contributed by atoms with Crippen molar-refractivity contribution in [3.63, 3.8) is 0 Å². The van der Waals surface area contributed by atoms with Gasteiger partial charge in [-0.3, -0.25) is 0 Å². The van der Waals surface area contributed by atoms with Crippen molar-refractivity contribution in [2.75, 3.05) is 40.3 Å². The van der Waals surface area contributed by atoms with E-state index in [0.717, 1.165) is 35.8 Å². The van der Waals surface area contributed by atoms with Crippen molar-refractivity contribution in [3.8, 4) is 0 Å². The first-order valence-corrected chi connectivity index (χ1v) is 14.5. The molecule has 6 fully saturated rings. The fourth-order valence-corrected chi connectivity index (χ4v) is 11.6. The zero-order chi connectivity index (χ0) is 21.5. The molecule has 0 unspecified atom stereocenters. The van der Waals surface area contributed by atoms with Crippen LogP contribution in [0, 0.1) is 34.5 Å². The van der Waals surface area contributed by atoms with Gasteiger partial charge >= 0.3 is 0 Å². The second-order valence-corrected chi connectivity index (χ2v) is 14.5. The minimum absolute atomic E-state index is 0.648. The summed E-state index contributed by atoms with van der Waals surface area (Å²) in [6.07, 6.45) is 20.0. The number of quaternary nitrogens is 2. The standard InChI is InChI=1S/C29H52N2/c1-28-15-13-23(30(3)17-5-6-18-30)21-22(28)9-10-24-25-11-12-27(31(4)19-7-8-20-31)29(25,2)16-14-26(24)28/h22-27H,5-21H2,1-4H3/q+2/t22-,23-,24-,25-,26-,27-,28-,29-/m0/s1. The van der Waals surface area contributed by atoms with Crippen LogP contribution in [-0.4, -0.2) is 61.3 Å². The highest BCUT2D eigenvalue weighted by molar-refractivity contribution is 5.10. The summed E-state index contributed by atoms with van der Waals surface area (Å²) in [5, 5.41) is 0. The van der Waals surface area contributed by atoms with Crippen LogP contribution in [0.15, 0.2) is 0 Å². The molecule has 0 radical (unpaired) electrons. The summed E-state index contributed by atoms with van der Waals surface area (Å²) in [5.41, 5.74) is 1.32. The highest BCUT2D eigenvalue weighted by Gasteiger charge is 2.64. The number of fused-ring (bicyclic) bond motifs is 5. The van der Waals surface area contributed by atoms with Gasteiger partial charge in [-0.2, -0.15) is 0 Å². The normalized spacial score (nSPS) is 53.0. The zero-order valence-electron chi connectivity index (χ0n) is 21.4. The van der Waals surface area contributed by atoms with E-state index >= 15 is 0 Å². The lowest BCUT2D eigenvalue weighted by Gasteiger charge is -2.62. The second-order valence-electron chi connectivity index (χ2n) is 14.5. The van der Waals surface area contributed by atoms with Crippen LogP contribution in [0.3, 0.4) is 0 Å². The molecule has 2 heteroatoms. The minimum Gasteiger partial charge on any atom is -0.324 e. The van der Waals surface area contributed by atoms with E-state index in [1.54, 1.807) is 51.4 Å². The van der Waals surface area contributed by atoms with Crippen LogP contribution in [0.5, 0.6) is 0 Å². The van der Waals surface area contributed by atoms with E-state index in [4.69, 9.17) is 0 Å². The van der Waals surface area contributed by atoms with Crippen molar-refractivity contribution in [3.05, 3.63) is 0 Å². The molecule has 176 valence electrons. The van der Waals surface area contributed by atoms with Gasteiger partial charge in [0.15, 0.2) is 0 Å². The van der Waals surface area contributed by atoms with Crippen LogP contribution < -0.4 is 0 Å². The summed E-state index contributed by atoms with van der Waals surface area (Å²) < 4.78 is 2.86. The molecule has 0 N–H and O–H groups in total. The molecular weight excluding hydrogens is 376 g/mol. The Labute approximate surface area is 193 Å². The van der Waals surface area contributed by atoms with Gasteiger partial charge in [-0.15, -0.1) is 0 Å². The van der Waals surface area contributed by atoms with Crippen LogP contribution >= 0.6 is 0 Å². The van der Waals surface area contributed by atoms with Crippen molar-refractivity contribution in [1.82, 2.24) is 0 Å². The topological polar surface area (TPSA) is 0 Å². The Morgan fingerprint density at radius 2 is 1.23 bits per heavy atom. The van der Waals surface area contributed by atoms with E-state index in [-0.39, 0.29) is 0 Å². The van der Waals surface area contributed by atoms with Gasteiger partial charge in [-0.25, -0.2) is 0 Å². The molecule has 4 aliphatic carbocycles. The Kier molecular flexibility index (Phi) is 4.99. The fraction of sp³-hybridized carbons (Fsp3) is 1.00. The van der Waals surface area contributed by atoms with Gasteiger partial charge in [0.2, 0.25) is 0 Å². The molecular formula is C29H52N2+2. The first-order valence-electron chi connectivity index (χ1n) is 14.5. The fourth-order valence-electron chi connectivity index (χ4n) is 11.6. The van der Waals surface area contributed by atoms with Crippen molar-refractivity contribution in [1.29, 1.82) is 0 Å². The maximum absolute atomic E-state index is 2.79. The lowest BCUT2D eigenvalue weighted by molar-refractivity contribution is -0.928. The molecule has 0 spiro atoms. The highest BCUT2D eigenvalue weighted by Crippen LogP contribution is 2.67. The lowest BCUT2D eigenvalue weighted by Crippen LogP contribution is -2.61. The summed E-state index contributed by atoms with van der Waals surface area (Å²) in [5.74, 6) is 4.20. The molecule has 0 aromatic rings. The molecule has 2 saturated heterocycles. The molecule has 2 heterocycles. The number of rotatable bonds is 2. The average Bonchev–Trinajstić information content (AvgIpc) is 3.46. The summed E-state index contributed by atoms with van der Waals surface area (Å²) in [6, 6.07) is 1.96. The molecule has 8 atom stereocenters. The van der Waals surface area contributed by atoms with E-state index in [9.17, 15) is 0 Å². The Bertz CT molecular complexity index is 689. The summed E-state index contributed by atoms with van der Waals surface area (Å²) in [6.45, 7) is 11.5. The van der Waals surface area contributed by atoms with Gasteiger partial charge < -0.3 is 8.97 Å². The van der Waals surface area contributed by atoms with Crippen molar-refractivity contribution in [2.24, 2.45) is 34.5 Å². The maximum Gasteiger partial charge on any atom is 0.0945 e. The van der Waals surface area contributed by atoms with E-state index < -0.39 is 0 Å². The van der Waals surface area contributed by atoms with Gasteiger partial charge in [0.05, 0.1) is 52.4 Å². The third kappa shape index (κ3) is 3.02. The second kappa shape index (κ2) is 7.21. The van der Waals surface area contributed by atoms with Crippen LogP contribution in [0.25, 0.3) is 0 Å². The molecule has 4 saturated carbocycles. The quantitative estimate of drug-likeness (QED) is 0.456. The predicted octanol–water partition coefficient (Wildman–Crippen LogP) is 6.25. The summed E-state index contributed by atoms with van der Waals surface area (Å²) in [7, 11) is 5.25. The number of likely N-dealkylation sites (tertiary alicyclic amines) is 2. The smallest absolute Gasteiger partial charge is 0.0945 e. The maximum atomic E-state index is 2.79. The lowest BCUT2D eigenvalue weighted by atomic mass is 9.44. The molecule has 31 heavy (non-hydrogen) atoms. The molecule has 0 amide bonds. The number of nitrogens with zero attached hydrogens (tertiary/aromatic N) is 2. The molecule has 6 rings (SSSR count). The zero-order valence-corrected chi connectivity index (χ0v) is 21.4. The van der Waals surface area contributed by atoms with Gasteiger partial charge in [-0.1, -0.05) is 13.8 Å². The number of hydrogen-bond donors (Lipinski definition) is 0. The SMILES string of the molecule is C[C@]12CC[C@H]([N+]3(C)CCCC3)C[C@@H]1CC[C@@H]1[C@@H]2CC[C@@]2(C)[C@H]1CC[C@@H]2[N+]1(C)CCCC1. The highest BCUT2D eigenvalue weighted by atomic mass is 15.4. The average molecular weight is 429 g/mol. The van der Waals surface area contributed by atoms with Gasteiger partial charge in [0.1, 0.15) is 0 Å². The summed E-state index contributed by atoms with van der Waals surface area (Å²) in [4.78, 5) is 0. The largest absolute Gasteiger partial charge is 0.324 e. The van der Waals surface area contributed by atoms with Gasteiger partial charge in [-0.05, 0) is 74.0 Å². The number of hydrogen-bond acceptors (Lipinski definition) is 0. The van der Waals surface area contributed by atoms with Crippen LogP contribution in [0.1, 0.15) is 97.3 Å².